The Morgan fingerprint density at radius 2 is 1.74 bits per heavy atom. The van der Waals surface area contributed by atoms with Crippen LogP contribution < -0.4 is 16.0 Å². The Morgan fingerprint density at radius 1 is 1.04 bits per heavy atom. The number of aliphatic imine (C=N–C) groups is 1. The summed E-state index contributed by atoms with van der Waals surface area (Å²) in [5, 5.41) is 9.38. The van der Waals surface area contributed by atoms with Gasteiger partial charge in [0.1, 0.15) is 0 Å². The molecule has 5 nitrogen and oxygen atoms in total. The van der Waals surface area contributed by atoms with Gasteiger partial charge in [-0.2, -0.15) is 0 Å². The fraction of sp³-hybridized carbons (Fsp3) is 0.529. The maximum atomic E-state index is 11.5. The molecular formula is C17H29IN4O. The summed E-state index contributed by atoms with van der Waals surface area (Å²) in [5.41, 5.74) is 1.95. The molecule has 3 N–H and O–H groups in total. The van der Waals surface area contributed by atoms with Crippen LogP contribution in [0.5, 0.6) is 0 Å². The van der Waals surface area contributed by atoms with Gasteiger partial charge < -0.3 is 16.0 Å². The molecule has 0 heterocycles. The molecule has 0 spiro atoms. The average Bonchev–Trinajstić information content (AvgIpc) is 2.51. The Balaban J connectivity index is 0.00000484. The van der Waals surface area contributed by atoms with Gasteiger partial charge in [0, 0.05) is 25.2 Å². The molecule has 1 amide bonds. The maximum Gasteiger partial charge on any atom is 0.224 e. The number of hydrogen-bond donors (Lipinski definition) is 3. The van der Waals surface area contributed by atoms with Gasteiger partial charge in [-0.25, -0.2) is 4.99 Å². The number of carbonyl (C=O) groups excluding carboxylic acids is 1. The largest absolute Gasteiger partial charge is 0.357 e. The summed E-state index contributed by atoms with van der Waals surface area (Å²) >= 11 is 0. The van der Waals surface area contributed by atoms with Crippen LogP contribution in [0.1, 0.15) is 45.6 Å². The quantitative estimate of drug-likeness (QED) is 0.335. The predicted molar refractivity (Wildman–Crippen MR) is 109 cm³/mol. The van der Waals surface area contributed by atoms with Crippen molar-refractivity contribution in [1.82, 2.24) is 10.6 Å². The molecule has 1 aromatic rings. The van der Waals surface area contributed by atoms with Crippen molar-refractivity contribution >= 4 is 41.5 Å². The zero-order chi connectivity index (χ0) is 16.2. The number of benzene rings is 1. The second kappa shape index (κ2) is 13.2. The van der Waals surface area contributed by atoms with Crippen LogP contribution in [-0.2, 0) is 11.3 Å². The second-order valence-electron chi connectivity index (χ2n) is 5.12. The summed E-state index contributed by atoms with van der Waals surface area (Å²) in [4.78, 5) is 16.1. The first-order valence-electron chi connectivity index (χ1n) is 8.10. The Kier molecular flexibility index (Phi) is 12.4. The lowest BCUT2D eigenvalue weighted by molar-refractivity contribution is -0.116. The Hall–Kier alpha value is -1.31. The molecule has 0 saturated heterocycles. The van der Waals surface area contributed by atoms with Crippen molar-refractivity contribution < 1.29 is 4.79 Å². The van der Waals surface area contributed by atoms with Crippen molar-refractivity contribution in [3.05, 3.63) is 29.8 Å². The van der Waals surface area contributed by atoms with Crippen LogP contribution in [0.15, 0.2) is 29.3 Å². The summed E-state index contributed by atoms with van der Waals surface area (Å²) in [5.74, 6) is 0.899. The zero-order valence-corrected chi connectivity index (χ0v) is 16.6. The summed E-state index contributed by atoms with van der Waals surface area (Å²) in [7, 11) is 0. The molecule has 0 fully saturated rings. The summed E-state index contributed by atoms with van der Waals surface area (Å²) in [6.07, 6.45) is 2.48. The summed E-state index contributed by atoms with van der Waals surface area (Å²) in [6.45, 7) is 8.54. The monoisotopic (exact) mass is 432 g/mol. The minimum absolute atomic E-state index is 0. The molecule has 0 bridgehead atoms. The molecule has 1 rings (SSSR count). The third kappa shape index (κ3) is 9.43. The number of rotatable bonds is 8. The van der Waals surface area contributed by atoms with Crippen LogP contribution in [0.4, 0.5) is 5.69 Å². The van der Waals surface area contributed by atoms with Gasteiger partial charge in [-0.05, 0) is 37.5 Å². The molecule has 0 aliphatic heterocycles. The first-order chi connectivity index (χ1) is 10.7. The molecule has 0 atom stereocenters. The molecule has 0 aromatic heterocycles. The van der Waals surface area contributed by atoms with Gasteiger partial charge in [0.05, 0.1) is 6.54 Å². The molecule has 130 valence electrons. The van der Waals surface area contributed by atoms with Crippen LogP contribution in [0.3, 0.4) is 0 Å². The molecule has 23 heavy (non-hydrogen) atoms. The normalized spacial score (nSPS) is 10.7. The maximum absolute atomic E-state index is 11.5. The van der Waals surface area contributed by atoms with E-state index in [-0.39, 0.29) is 29.9 Å². The molecule has 0 aliphatic carbocycles. The lowest BCUT2D eigenvalue weighted by Crippen LogP contribution is -2.37. The molecule has 6 heteroatoms. The van der Waals surface area contributed by atoms with Gasteiger partial charge in [0.25, 0.3) is 0 Å². The van der Waals surface area contributed by atoms with E-state index in [2.05, 4.69) is 34.8 Å². The van der Waals surface area contributed by atoms with Gasteiger partial charge in [-0.1, -0.05) is 26.0 Å². The SMILES string of the molecule is CCCNC(=NCc1ccc(NC(=O)CCC)cc1)NCC.I. The molecule has 1 aromatic carbocycles. The lowest BCUT2D eigenvalue weighted by Gasteiger charge is -2.10. The average molecular weight is 432 g/mol. The first kappa shape index (κ1) is 21.7. The van der Waals surface area contributed by atoms with Gasteiger partial charge in [-0.3, -0.25) is 4.79 Å². The highest BCUT2D eigenvalue weighted by Crippen LogP contribution is 2.11. The van der Waals surface area contributed by atoms with E-state index in [0.29, 0.717) is 13.0 Å². The van der Waals surface area contributed by atoms with E-state index in [1.807, 2.05) is 31.2 Å². The number of guanidine groups is 1. The van der Waals surface area contributed by atoms with E-state index < -0.39 is 0 Å². The highest BCUT2D eigenvalue weighted by Gasteiger charge is 2.01. The highest BCUT2D eigenvalue weighted by atomic mass is 127. The molecule has 0 radical (unpaired) electrons. The van der Waals surface area contributed by atoms with Crippen molar-refractivity contribution in [3.63, 3.8) is 0 Å². The fourth-order valence-corrected chi connectivity index (χ4v) is 1.90. The number of hydrogen-bond acceptors (Lipinski definition) is 2. The Labute approximate surface area is 156 Å². The van der Waals surface area contributed by atoms with Crippen LogP contribution in [0, 0.1) is 0 Å². The van der Waals surface area contributed by atoms with E-state index >= 15 is 0 Å². The van der Waals surface area contributed by atoms with Crippen molar-refractivity contribution in [3.8, 4) is 0 Å². The van der Waals surface area contributed by atoms with E-state index in [9.17, 15) is 4.79 Å². The molecular weight excluding hydrogens is 403 g/mol. The third-order valence-corrected chi connectivity index (χ3v) is 3.02. The fourth-order valence-electron chi connectivity index (χ4n) is 1.90. The Bertz CT molecular complexity index is 474. The molecule has 0 saturated carbocycles. The predicted octanol–water partition coefficient (Wildman–Crippen LogP) is 3.51. The standard InChI is InChI=1S/C17H28N4O.HI/c1-4-7-16(22)21-15-10-8-14(9-11-15)13-20-17(18-6-3)19-12-5-2;/h8-11H,4-7,12-13H2,1-3H3,(H,21,22)(H2,18,19,20);1H. The van der Waals surface area contributed by atoms with Crippen LogP contribution >= 0.6 is 24.0 Å². The number of nitrogens with one attached hydrogen (secondary N) is 3. The first-order valence-corrected chi connectivity index (χ1v) is 8.10. The number of nitrogens with zero attached hydrogens (tertiary/aromatic N) is 1. The minimum Gasteiger partial charge on any atom is -0.357 e. The van der Waals surface area contributed by atoms with Crippen molar-refractivity contribution in [2.24, 2.45) is 4.99 Å². The smallest absolute Gasteiger partial charge is 0.224 e. The van der Waals surface area contributed by atoms with E-state index in [1.165, 1.54) is 0 Å². The van der Waals surface area contributed by atoms with E-state index in [4.69, 9.17) is 0 Å². The van der Waals surface area contributed by atoms with Crippen molar-refractivity contribution in [1.29, 1.82) is 0 Å². The topological polar surface area (TPSA) is 65.5 Å². The second-order valence-corrected chi connectivity index (χ2v) is 5.12. The van der Waals surface area contributed by atoms with Gasteiger partial charge in [-0.15, -0.1) is 24.0 Å². The highest BCUT2D eigenvalue weighted by molar-refractivity contribution is 14.0. The Morgan fingerprint density at radius 3 is 2.30 bits per heavy atom. The minimum atomic E-state index is 0. The summed E-state index contributed by atoms with van der Waals surface area (Å²) < 4.78 is 0. The number of halogens is 1. The van der Waals surface area contributed by atoms with Crippen LogP contribution in [0.2, 0.25) is 0 Å². The van der Waals surface area contributed by atoms with Gasteiger partial charge >= 0.3 is 0 Å². The third-order valence-electron chi connectivity index (χ3n) is 3.02. The van der Waals surface area contributed by atoms with Crippen molar-refractivity contribution in [2.45, 2.75) is 46.6 Å². The zero-order valence-electron chi connectivity index (χ0n) is 14.3. The van der Waals surface area contributed by atoms with E-state index in [0.717, 1.165) is 43.1 Å². The van der Waals surface area contributed by atoms with Crippen LogP contribution in [-0.4, -0.2) is 25.0 Å². The molecule has 0 aliphatic rings. The van der Waals surface area contributed by atoms with Gasteiger partial charge in [0.2, 0.25) is 5.91 Å². The van der Waals surface area contributed by atoms with Gasteiger partial charge in [0.15, 0.2) is 5.96 Å². The van der Waals surface area contributed by atoms with E-state index in [1.54, 1.807) is 0 Å². The van der Waals surface area contributed by atoms with Crippen LogP contribution in [0.25, 0.3) is 0 Å². The lowest BCUT2D eigenvalue weighted by atomic mass is 10.2. The van der Waals surface area contributed by atoms with Crippen molar-refractivity contribution in [2.75, 3.05) is 18.4 Å². The summed E-state index contributed by atoms with van der Waals surface area (Å²) in [6, 6.07) is 7.83. The molecule has 0 unspecified atom stereocenters. The number of carbonyl (C=O) groups is 1. The number of anilines is 1. The number of amides is 1.